The van der Waals surface area contributed by atoms with Gasteiger partial charge in [0.2, 0.25) is 10.0 Å². The quantitative estimate of drug-likeness (QED) is 0.466. The highest BCUT2D eigenvalue weighted by atomic mass is 35.5. The predicted molar refractivity (Wildman–Crippen MR) is 128 cm³/mol. The summed E-state index contributed by atoms with van der Waals surface area (Å²) in [5.41, 5.74) is 3.01. The van der Waals surface area contributed by atoms with Crippen LogP contribution in [0.25, 0.3) is 0 Å². The Morgan fingerprint density at radius 2 is 1.88 bits per heavy atom. The van der Waals surface area contributed by atoms with Gasteiger partial charge >= 0.3 is 0 Å². The number of sulfonamides is 1. The van der Waals surface area contributed by atoms with Crippen molar-refractivity contribution in [3.63, 3.8) is 0 Å². The monoisotopic (exact) mass is 500 g/mol. The number of halogens is 2. The van der Waals surface area contributed by atoms with Crippen LogP contribution in [0.5, 0.6) is 0 Å². The molecule has 0 spiro atoms. The largest absolute Gasteiger partial charge is 0.379 e. The lowest BCUT2D eigenvalue weighted by molar-refractivity contribution is 0.0552. The van der Waals surface area contributed by atoms with Crippen molar-refractivity contribution in [2.45, 2.75) is 31.2 Å². The lowest BCUT2D eigenvalue weighted by atomic mass is 9.84. The Balaban J connectivity index is 1.77. The van der Waals surface area contributed by atoms with Crippen LogP contribution in [-0.2, 0) is 26.0 Å². The topological polar surface area (TPSA) is 67.9 Å². The van der Waals surface area contributed by atoms with E-state index in [4.69, 9.17) is 32.7 Å². The summed E-state index contributed by atoms with van der Waals surface area (Å²) < 4.78 is 38.9. The van der Waals surface area contributed by atoms with E-state index in [9.17, 15) is 8.42 Å². The molecule has 0 amide bonds. The minimum atomic E-state index is -3.66. The highest BCUT2D eigenvalue weighted by Gasteiger charge is 2.29. The Morgan fingerprint density at radius 3 is 2.62 bits per heavy atom. The summed E-state index contributed by atoms with van der Waals surface area (Å²) in [6.07, 6.45) is 0. The minimum Gasteiger partial charge on any atom is -0.379 e. The summed E-state index contributed by atoms with van der Waals surface area (Å²) in [6.45, 7) is 8.45. The van der Waals surface area contributed by atoms with Crippen molar-refractivity contribution in [2.24, 2.45) is 0 Å². The smallest absolute Gasteiger partial charge is 0.240 e. The van der Waals surface area contributed by atoms with E-state index in [1.54, 1.807) is 24.3 Å². The van der Waals surface area contributed by atoms with Gasteiger partial charge in [0, 0.05) is 42.2 Å². The molecule has 0 aliphatic carbocycles. The van der Waals surface area contributed by atoms with Crippen LogP contribution in [-0.4, -0.2) is 59.4 Å². The number of likely N-dealkylation sites (N-methyl/N-ethyl adjacent to an activating group) is 1. The zero-order valence-corrected chi connectivity index (χ0v) is 20.8. The molecule has 176 valence electrons. The molecule has 1 unspecified atom stereocenters. The van der Waals surface area contributed by atoms with Gasteiger partial charge < -0.3 is 9.47 Å². The minimum absolute atomic E-state index is 0.0213. The Morgan fingerprint density at radius 1 is 1.09 bits per heavy atom. The third-order valence-electron chi connectivity index (χ3n) is 5.53. The zero-order valence-electron chi connectivity index (χ0n) is 18.4. The number of hydrogen-bond donors (Lipinski definition) is 1. The first kappa shape index (κ1) is 25.4. The fourth-order valence-corrected chi connectivity index (χ4v) is 5.50. The van der Waals surface area contributed by atoms with Gasteiger partial charge in [-0.3, -0.25) is 4.90 Å². The predicted octanol–water partition coefficient (Wildman–Crippen LogP) is 4.29. The van der Waals surface area contributed by atoms with Crippen molar-refractivity contribution in [3.05, 3.63) is 63.1 Å². The van der Waals surface area contributed by atoms with Gasteiger partial charge in [0.25, 0.3) is 0 Å². The highest BCUT2D eigenvalue weighted by Crippen LogP contribution is 2.39. The molecule has 0 fully saturated rings. The molecule has 0 bridgehead atoms. The fraction of sp³-hybridized carbons (Fsp3) is 0.478. The van der Waals surface area contributed by atoms with Crippen molar-refractivity contribution >= 4 is 33.2 Å². The van der Waals surface area contributed by atoms with Crippen molar-refractivity contribution in [3.8, 4) is 0 Å². The van der Waals surface area contributed by atoms with Crippen molar-refractivity contribution in [1.82, 2.24) is 9.62 Å². The van der Waals surface area contributed by atoms with E-state index in [2.05, 4.69) is 16.5 Å². The lowest BCUT2D eigenvalue weighted by Gasteiger charge is -2.35. The van der Waals surface area contributed by atoms with E-state index in [-0.39, 0.29) is 24.0 Å². The molecule has 1 aliphatic heterocycles. The summed E-state index contributed by atoms with van der Waals surface area (Å²) in [6, 6.07) is 10.8. The van der Waals surface area contributed by atoms with Crippen LogP contribution in [0.1, 0.15) is 36.5 Å². The molecule has 1 aliphatic rings. The summed E-state index contributed by atoms with van der Waals surface area (Å²) in [5, 5.41) is 1.23. The van der Waals surface area contributed by atoms with Crippen LogP contribution in [0, 0.1) is 0 Å². The van der Waals surface area contributed by atoms with E-state index in [1.165, 1.54) is 0 Å². The summed E-state index contributed by atoms with van der Waals surface area (Å²) in [5.74, 6) is -0.0213. The third kappa shape index (κ3) is 6.44. The standard InChI is InChI=1S/C23H30Cl2N2O4S/c1-3-27-15-21(20-13-18(24)14-23(25)22(20)16-27)17-6-5-7-19(12-17)32(28,29)26-8-9-31-11-10-30-4-2/h5-7,12-14,21,26H,3-4,8-11,15-16H2,1-2H3. The number of ether oxygens (including phenoxy) is 2. The second kappa shape index (κ2) is 11.8. The molecule has 32 heavy (non-hydrogen) atoms. The number of rotatable bonds is 11. The second-order valence-electron chi connectivity index (χ2n) is 7.62. The molecule has 0 aromatic heterocycles. The summed E-state index contributed by atoms with van der Waals surface area (Å²) >= 11 is 12.8. The average Bonchev–Trinajstić information content (AvgIpc) is 2.78. The Bertz CT molecular complexity index is 1020. The van der Waals surface area contributed by atoms with Crippen molar-refractivity contribution in [2.75, 3.05) is 46.1 Å². The van der Waals surface area contributed by atoms with Gasteiger partial charge in [-0.1, -0.05) is 42.3 Å². The Kier molecular flexibility index (Phi) is 9.37. The van der Waals surface area contributed by atoms with E-state index < -0.39 is 10.0 Å². The van der Waals surface area contributed by atoms with Crippen molar-refractivity contribution < 1.29 is 17.9 Å². The molecule has 1 N–H and O–H groups in total. The van der Waals surface area contributed by atoms with E-state index >= 15 is 0 Å². The summed E-state index contributed by atoms with van der Waals surface area (Å²) in [4.78, 5) is 2.53. The van der Waals surface area contributed by atoms with Crippen LogP contribution in [0.2, 0.25) is 10.0 Å². The van der Waals surface area contributed by atoms with Gasteiger partial charge in [-0.05, 0) is 54.4 Å². The molecule has 6 nitrogen and oxygen atoms in total. The number of fused-ring (bicyclic) bond motifs is 1. The third-order valence-corrected chi connectivity index (χ3v) is 7.54. The normalized spacial score (nSPS) is 16.8. The van der Waals surface area contributed by atoms with Gasteiger partial charge in [0.15, 0.2) is 0 Å². The zero-order chi connectivity index (χ0) is 23.1. The van der Waals surface area contributed by atoms with Crippen LogP contribution < -0.4 is 4.72 Å². The maximum Gasteiger partial charge on any atom is 0.240 e. The maximum absolute atomic E-state index is 12.8. The van der Waals surface area contributed by atoms with Gasteiger partial charge in [-0.2, -0.15) is 0 Å². The average molecular weight is 501 g/mol. The molecule has 2 aromatic rings. The van der Waals surface area contributed by atoms with E-state index in [1.807, 2.05) is 19.1 Å². The molecule has 2 aromatic carbocycles. The number of hydrogen-bond acceptors (Lipinski definition) is 5. The first-order chi connectivity index (χ1) is 15.4. The first-order valence-corrected chi connectivity index (χ1v) is 13.0. The molecule has 9 heteroatoms. The van der Waals surface area contributed by atoms with Gasteiger partial charge in [-0.15, -0.1) is 0 Å². The van der Waals surface area contributed by atoms with Crippen LogP contribution in [0.3, 0.4) is 0 Å². The van der Waals surface area contributed by atoms with Crippen LogP contribution in [0.15, 0.2) is 41.3 Å². The van der Waals surface area contributed by atoms with E-state index in [0.717, 1.165) is 36.3 Å². The molecular weight excluding hydrogens is 471 g/mol. The van der Waals surface area contributed by atoms with Gasteiger partial charge in [0.1, 0.15) is 0 Å². The second-order valence-corrected chi connectivity index (χ2v) is 10.2. The molecule has 1 heterocycles. The first-order valence-electron chi connectivity index (χ1n) is 10.8. The summed E-state index contributed by atoms with van der Waals surface area (Å²) in [7, 11) is -3.66. The molecular formula is C23H30Cl2N2O4S. The molecule has 0 radical (unpaired) electrons. The molecule has 3 rings (SSSR count). The van der Waals surface area contributed by atoms with Crippen LogP contribution >= 0.6 is 23.2 Å². The Hall–Kier alpha value is -1.19. The number of benzene rings is 2. The Labute approximate surface area is 200 Å². The number of nitrogens with one attached hydrogen (secondary N) is 1. The maximum atomic E-state index is 12.8. The fourth-order valence-electron chi connectivity index (χ4n) is 3.87. The van der Waals surface area contributed by atoms with Crippen molar-refractivity contribution in [1.29, 1.82) is 0 Å². The van der Waals surface area contributed by atoms with Gasteiger partial charge in [-0.25, -0.2) is 13.1 Å². The lowest BCUT2D eigenvalue weighted by Crippen LogP contribution is -2.34. The highest BCUT2D eigenvalue weighted by molar-refractivity contribution is 7.89. The van der Waals surface area contributed by atoms with E-state index in [0.29, 0.717) is 29.9 Å². The SMILES string of the molecule is CCOCCOCCNS(=O)(=O)c1cccc(C2CN(CC)Cc3c(Cl)cc(Cl)cc32)c1. The molecule has 0 saturated carbocycles. The molecule has 1 atom stereocenters. The van der Waals surface area contributed by atoms with Crippen LogP contribution in [0.4, 0.5) is 0 Å². The van der Waals surface area contributed by atoms with Gasteiger partial charge in [0.05, 0.1) is 24.7 Å². The molecule has 0 saturated heterocycles. The number of nitrogens with zero attached hydrogens (tertiary/aromatic N) is 1.